The number of aliphatic hydroxyl groups excluding tert-OH is 1. The Hall–Kier alpha value is -1.99. The second kappa shape index (κ2) is 7.14. The van der Waals surface area contributed by atoms with Gasteiger partial charge in [-0.05, 0) is 30.3 Å². The number of aliphatic hydroxyl groups is 1. The molecule has 112 valence electrons. The molecule has 7 heteroatoms. The summed E-state index contributed by atoms with van der Waals surface area (Å²) in [4.78, 5) is 16.5. The summed E-state index contributed by atoms with van der Waals surface area (Å²) < 4.78 is 5.03. The maximum Gasteiger partial charge on any atom is 0.264 e. The average molecular weight is 308 g/mol. The minimum atomic E-state index is -0.259. The molecule has 1 saturated heterocycles. The number of phenolic OH excluding ortho intramolecular Hbond substituents is 1. The van der Waals surface area contributed by atoms with Crippen molar-refractivity contribution in [3.63, 3.8) is 0 Å². The molecule has 0 radical (unpaired) electrons. The monoisotopic (exact) mass is 308 g/mol. The van der Waals surface area contributed by atoms with Gasteiger partial charge in [0, 0.05) is 18.7 Å². The van der Waals surface area contributed by atoms with Crippen molar-refractivity contribution in [3.8, 4) is 11.5 Å². The fourth-order valence-corrected chi connectivity index (χ4v) is 2.55. The van der Waals surface area contributed by atoms with E-state index >= 15 is 0 Å². The normalized spacial score (nSPS) is 18.3. The minimum Gasteiger partial charge on any atom is -0.504 e. The lowest BCUT2D eigenvalue weighted by molar-refractivity contribution is -0.115. The van der Waals surface area contributed by atoms with E-state index in [0.717, 1.165) is 0 Å². The topological polar surface area (TPSA) is 91.2 Å². The molecule has 0 saturated carbocycles. The van der Waals surface area contributed by atoms with Crippen LogP contribution in [0.5, 0.6) is 11.5 Å². The number of thioether (sulfide) groups is 1. The smallest absolute Gasteiger partial charge is 0.264 e. The van der Waals surface area contributed by atoms with Crippen LogP contribution < -0.4 is 10.1 Å². The molecule has 0 spiro atoms. The van der Waals surface area contributed by atoms with Crippen molar-refractivity contribution in [2.45, 2.75) is 6.42 Å². The quantitative estimate of drug-likeness (QED) is 0.564. The van der Waals surface area contributed by atoms with Gasteiger partial charge < -0.3 is 20.3 Å². The van der Waals surface area contributed by atoms with Crippen molar-refractivity contribution < 1.29 is 19.7 Å². The maximum atomic E-state index is 11.8. The fourth-order valence-electron chi connectivity index (χ4n) is 1.71. The molecule has 1 aliphatic heterocycles. The highest BCUT2D eigenvalue weighted by Crippen LogP contribution is 2.33. The molecule has 1 fully saturated rings. The number of phenols is 1. The van der Waals surface area contributed by atoms with Gasteiger partial charge in [0.05, 0.1) is 12.0 Å². The molecule has 1 heterocycles. The fraction of sp³-hybridized carbons (Fsp3) is 0.286. The SMILES string of the molecule is COc1cccc(/C=C2\SC(=NCCCO)NC2=O)c1O. The van der Waals surface area contributed by atoms with Crippen LogP contribution in [0.15, 0.2) is 28.1 Å². The van der Waals surface area contributed by atoms with Gasteiger partial charge in [0.1, 0.15) is 0 Å². The number of aliphatic imine (C=N–C) groups is 1. The van der Waals surface area contributed by atoms with Crippen molar-refractivity contribution in [3.05, 3.63) is 28.7 Å². The van der Waals surface area contributed by atoms with Crippen molar-refractivity contribution in [1.82, 2.24) is 5.32 Å². The molecule has 1 aromatic carbocycles. The number of nitrogens with zero attached hydrogens (tertiary/aromatic N) is 1. The van der Waals surface area contributed by atoms with Crippen LogP contribution in [0.1, 0.15) is 12.0 Å². The summed E-state index contributed by atoms with van der Waals surface area (Å²) in [7, 11) is 1.47. The molecule has 3 N–H and O–H groups in total. The van der Waals surface area contributed by atoms with Crippen LogP contribution in [0.25, 0.3) is 6.08 Å². The standard InChI is InChI=1S/C14H16N2O4S/c1-20-10-5-2-4-9(12(10)18)8-11-13(19)16-14(21-11)15-6-3-7-17/h2,4-5,8,17-18H,3,6-7H2,1H3,(H,15,16,19)/b11-8-. The lowest BCUT2D eigenvalue weighted by atomic mass is 10.1. The number of ether oxygens (including phenoxy) is 1. The number of amidine groups is 1. The number of carbonyl (C=O) groups is 1. The Morgan fingerprint density at radius 1 is 1.48 bits per heavy atom. The Bertz CT molecular complexity index is 599. The number of benzene rings is 1. The number of methoxy groups -OCH3 is 1. The van der Waals surface area contributed by atoms with Gasteiger partial charge in [-0.2, -0.15) is 0 Å². The van der Waals surface area contributed by atoms with Crippen LogP contribution in [0.2, 0.25) is 0 Å². The van der Waals surface area contributed by atoms with E-state index in [2.05, 4.69) is 10.3 Å². The average Bonchev–Trinajstić information content (AvgIpc) is 2.82. The zero-order valence-electron chi connectivity index (χ0n) is 11.5. The third kappa shape index (κ3) is 3.77. The first-order valence-corrected chi connectivity index (χ1v) is 7.19. The van der Waals surface area contributed by atoms with Crippen molar-refractivity contribution >= 4 is 28.9 Å². The first-order chi connectivity index (χ1) is 10.2. The summed E-state index contributed by atoms with van der Waals surface area (Å²) in [5.74, 6) is 0.0844. The molecule has 0 unspecified atom stereocenters. The molecule has 1 aliphatic rings. The first-order valence-electron chi connectivity index (χ1n) is 6.38. The van der Waals surface area contributed by atoms with Crippen LogP contribution in [0.4, 0.5) is 0 Å². The third-order valence-corrected chi connectivity index (χ3v) is 3.71. The van der Waals surface area contributed by atoms with Gasteiger partial charge in [0.25, 0.3) is 5.91 Å². The van der Waals surface area contributed by atoms with Gasteiger partial charge in [-0.1, -0.05) is 12.1 Å². The van der Waals surface area contributed by atoms with Gasteiger partial charge in [-0.25, -0.2) is 0 Å². The number of rotatable bonds is 5. The molecule has 1 amide bonds. The first kappa shape index (κ1) is 15.4. The van der Waals surface area contributed by atoms with Gasteiger partial charge in [-0.15, -0.1) is 0 Å². The maximum absolute atomic E-state index is 11.8. The lowest BCUT2D eigenvalue weighted by Gasteiger charge is -2.05. The minimum absolute atomic E-state index is 0.00781. The number of amides is 1. The molecule has 0 aliphatic carbocycles. The van der Waals surface area contributed by atoms with E-state index in [4.69, 9.17) is 9.84 Å². The van der Waals surface area contributed by atoms with Crippen molar-refractivity contribution in [1.29, 1.82) is 0 Å². The largest absolute Gasteiger partial charge is 0.504 e. The Morgan fingerprint density at radius 3 is 3.00 bits per heavy atom. The number of para-hydroxylation sites is 1. The third-order valence-electron chi connectivity index (χ3n) is 2.76. The highest BCUT2D eigenvalue weighted by Gasteiger charge is 2.24. The van der Waals surface area contributed by atoms with E-state index in [1.807, 2.05) is 0 Å². The Morgan fingerprint density at radius 2 is 2.29 bits per heavy atom. The molecule has 0 aromatic heterocycles. The van der Waals surface area contributed by atoms with Gasteiger partial charge in [0.15, 0.2) is 16.7 Å². The van der Waals surface area contributed by atoms with Gasteiger partial charge in [-0.3, -0.25) is 9.79 Å². The molecule has 6 nitrogen and oxygen atoms in total. The zero-order chi connectivity index (χ0) is 15.2. The van der Waals surface area contributed by atoms with Crippen LogP contribution in [0.3, 0.4) is 0 Å². The number of carbonyl (C=O) groups excluding carboxylic acids is 1. The van der Waals surface area contributed by atoms with E-state index in [0.29, 0.717) is 34.4 Å². The van der Waals surface area contributed by atoms with Crippen LogP contribution in [0, 0.1) is 0 Å². The Labute approximate surface area is 126 Å². The predicted octanol–water partition coefficient (Wildman–Crippen LogP) is 1.34. The molecule has 0 bridgehead atoms. The summed E-state index contributed by atoms with van der Waals surface area (Å²) in [5.41, 5.74) is 0.503. The second-order valence-corrected chi connectivity index (χ2v) is 5.26. The van der Waals surface area contributed by atoms with E-state index in [9.17, 15) is 9.90 Å². The van der Waals surface area contributed by atoms with Crippen molar-refractivity contribution in [2.75, 3.05) is 20.3 Å². The molecular weight excluding hydrogens is 292 g/mol. The lowest BCUT2D eigenvalue weighted by Crippen LogP contribution is -2.20. The van der Waals surface area contributed by atoms with Crippen LogP contribution >= 0.6 is 11.8 Å². The van der Waals surface area contributed by atoms with E-state index < -0.39 is 0 Å². The van der Waals surface area contributed by atoms with E-state index in [1.165, 1.54) is 18.9 Å². The number of nitrogens with one attached hydrogen (secondary N) is 1. The van der Waals surface area contributed by atoms with Crippen LogP contribution in [-0.4, -0.2) is 41.5 Å². The summed E-state index contributed by atoms with van der Waals surface area (Å²) in [5, 5.41) is 21.9. The molecule has 0 atom stereocenters. The molecule has 21 heavy (non-hydrogen) atoms. The Kier molecular flexibility index (Phi) is 5.24. The zero-order valence-corrected chi connectivity index (χ0v) is 12.3. The predicted molar refractivity (Wildman–Crippen MR) is 82.4 cm³/mol. The highest BCUT2D eigenvalue weighted by atomic mass is 32.2. The van der Waals surface area contributed by atoms with Crippen molar-refractivity contribution in [2.24, 2.45) is 4.99 Å². The highest BCUT2D eigenvalue weighted by molar-refractivity contribution is 8.18. The molecule has 1 aromatic rings. The molecular formula is C14H16N2O4S. The second-order valence-electron chi connectivity index (χ2n) is 4.23. The van der Waals surface area contributed by atoms with Gasteiger partial charge >= 0.3 is 0 Å². The van der Waals surface area contributed by atoms with E-state index in [-0.39, 0.29) is 18.3 Å². The number of hydrogen-bond donors (Lipinski definition) is 3. The number of hydrogen-bond acceptors (Lipinski definition) is 6. The number of aromatic hydroxyl groups is 1. The van der Waals surface area contributed by atoms with Gasteiger partial charge in [0.2, 0.25) is 0 Å². The summed E-state index contributed by atoms with van der Waals surface area (Å²) >= 11 is 1.20. The summed E-state index contributed by atoms with van der Waals surface area (Å²) in [6.45, 7) is 0.520. The summed E-state index contributed by atoms with van der Waals surface area (Å²) in [6, 6.07) is 5.07. The Balaban J connectivity index is 2.19. The summed E-state index contributed by atoms with van der Waals surface area (Å²) in [6.07, 6.45) is 2.14. The van der Waals surface area contributed by atoms with E-state index in [1.54, 1.807) is 24.3 Å². The molecule has 2 rings (SSSR count). The van der Waals surface area contributed by atoms with Crippen LogP contribution in [-0.2, 0) is 4.79 Å².